The van der Waals surface area contributed by atoms with Crippen LogP contribution in [0.4, 0.5) is 0 Å². The topological polar surface area (TPSA) is 56.5 Å². The minimum absolute atomic E-state index is 0.190. The van der Waals surface area contributed by atoms with E-state index in [0.717, 1.165) is 12.2 Å². The third-order valence-corrected chi connectivity index (χ3v) is 2.73. The van der Waals surface area contributed by atoms with Crippen LogP contribution in [0.5, 0.6) is 0 Å². The number of ether oxygens (including phenoxy) is 1. The number of hydrogen-bond acceptors (Lipinski definition) is 3. The van der Waals surface area contributed by atoms with Crippen molar-refractivity contribution >= 4 is 0 Å². The summed E-state index contributed by atoms with van der Waals surface area (Å²) < 4.78 is 4.61. The first-order valence-electron chi connectivity index (χ1n) is 6.11. The van der Waals surface area contributed by atoms with E-state index in [2.05, 4.69) is 22.9 Å². The average molecular weight is 253 g/mol. The quantitative estimate of drug-likeness (QED) is 0.837. The van der Waals surface area contributed by atoms with E-state index >= 15 is 0 Å². The molecule has 1 atom stereocenters. The van der Waals surface area contributed by atoms with Crippen molar-refractivity contribution in [2.75, 3.05) is 13.2 Å². The van der Waals surface area contributed by atoms with Gasteiger partial charge in [-0.25, -0.2) is 0 Å². The second kappa shape index (κ2) is 6.69. The first-order valence-corrected chi connectivity index (χ1v) is 6.11. The molecule has 1 unspecified atom stereocenters. The molecule has 1 fully saturated rings. The molecule has 3 nitrogen and oxygen atoms in total. The van der Waals surface area contributed by atoms with E-state index in [1.165, 1.54) is 5.56 Å². The van der Waals surface area contributed by atoms with Crippen molar-refractivity contribution in [3.8, 4) is 17.2 Å². The van der Waals surface area contributed by atoms with E-state index in [-0.39, 0.29) is 12.7 Å². The van der Waals surface area contributed by atoms with Crippen molar-refractivity contribution in [3.05, 3.63) is 60.2 Å². The second-order valence-electron chi connectivity index (χ2n) is 4.19. The van der Waals surface area contributed by atoms with E-state index in [1.54, 1.807) is 0 Å². The van der Waals surface area contributed by atoms with Gasteiger partial charge in [0.05, 0.1) is 24.8 Å². The highest BCUT2D eigenvalue weighted by Gasteiger charge is 2.19. The number of epoxide rings is 1. The first kappa shape index (κ1) is 13.3. The smallest absolute Gasteiger partial charge is 0.104 e. The SMILES string of the molecule is N#Cc1ccc(-c2ccccc2)cc1.OCC1CO1. The second-order valence-corrected chi connectivity index (χ2v) is 4.19. The third-order valence-electron chi connectivity index (χ3n) is 2.73. The summed E-state index contributed by atoms with van der Waals surface area (Å²) in [4.78, 5) is 0. The molecule has 1 saturated heterocycles. The highest BCUT2D eigenvalue weighted by molar-refractivity contribution is 5.63. The molecule has 0 spiro atoms. The standard InChI is InChI=1S/C13H9N.C3H6O2/c14-10-11-6-8-13(9-7-11)12-4-2-1-3-5-12;4-1-3-2-5-3/h1-9H;3-4H,1-2H2. The Hall–Kier alpha value is -2.15. The summed E-state index contributed by atoms with van der Waals surface area (Å²) in [6.45, 7) is 0.955. The Morgan fingerprint density at radius 3 is 2.05 bits per heavy atom. The molecule has 0 saturated carbocycles. The Balaban J connectivity index is 0.000000224. The van der Waals surface area contributed by atoms with Crippen molar-refractivity contribution in [1.82, 2.24) is 0 Å². The summed E-state index contributed by atoms with van der Waals surface area (Å²) in [7, 11) is 0. The van der Waals surface area contributed by atoms with Crippen LogP contribution >= 0.6 is 0 Å². The fourth-order valence-corrected chi connectivity index (χ4v) is 1.54. The predicted molar refractivity (Wildman–Crippen MR) is 73.4 cm³/mol. The largest absolute Gasteiger partial charge is 0.394 e. The van der Waals surface area contributed by atoms with Gasteiger partial charge < -0.3 is 9.84 Å². The van der Waals surface area contributed by atoms with Crippen LogP contribution in [0.3, 0.4) is 0 Å². The lowest BCUT2D eigenvalue weighted by Gasteiger charge is -1.99. The molecule has 1 aliphatic rings. The molecule has 19 heavy (non-hydrogen) atoms. The van der Waals surface area contributed by atoms with Gasteiger partial charge in [-0.1, -0.05) is 42.5 Å². The lowest BCUT2D eigenvalue weighted by atomic mass is 10.0. The summed E-state index contributed by atoms with van der Waals surface area (Å²) in [6, 6.07) is 19.8. The van der Waals surface area contributed by atoms with Gasteiger partial charge in [0.25, 0.3) is 0 Å². The molecule has 96 valence electrons. The van der Waals surface area contributed by atoms with Crippen molar-refractivity contribution in [3.63, 3.8) is 0 Å². The zero-order valence-electron chi connectivity index (χ0n) is 10.5. The molecule has 3 rings (SSSR count). The number of benzene rings is 2. The molecule has 1 N–H and O–H groups in total. The van der Waals surface area contributed by atoms with Crippen LogP contribution in [0.1, 0.15) is 5.56 Å². The van der Waals surface area contributed by atoms with Gasteiger partial charge in [0.1, 0.15) is 6.10 Å². The summed E-state index contributed by atoms with van der Waals surface area (Å²) in [5.74, 6) is 0. The lowest BCUT2D eigenvalue weighted by Crippen LogP contribution is -1.88. The zero-order valence-corrected chi connectivity index (χ0v) is 10.5. The molecule has 0 radical (unpaired) electrons. The molecule has 0 bridgehead atoms. The first-order chi connectivity index (χ1) is 9.33. The van der Waals surface area contributed by atoms with E-state index < -0.39 is 0 Å². The van der Waals surface area contributed by atoms with E-state index in [4.69, 9.17) is 10.4 Å². The molecular formula is C16H15NO2. The fraction of sp³-hybridized carbons (Fsp3) is 0.188. The molecule has 1 heterocycles. The monoisotopic (exact) mass is 253 g/mol. The molecule has 1 aliphatic heterocycles. The van der Waals surface area contributed by atoms with E-state index in [9.17, 15) is 0 Å². The number of hydrogen-bond donors (Lipinski definition) is 1. The Morgan fingerprint density at radius 1 is 1.05 bits per heavy atom. The van der Waals surface area contributed by atoms with Crippen LogP contribution in [0.15, 0.2) is 54.6 Å². The molecule has 3 heteroatoms. The van der Waals surface area contributed by atoms with Crippen molar-refractivity contribution in [2.45, 2.75) is 6.10 Å². The average Bonchev–Trinajstić information content (AvgIpc) is 3.33. The number of rotatable bonds is 2. The van der Waals surface area contributed by atoms with Crippen LogP contribution in [0.25, 0.3) is 11.1 Å². The highest BCUT2D eigenvalue weighted by Crippen LogP contribution is 2.18. The Labute approximate surface area is 112 Å². The summed E-state index contributed by atoms with van der Waals surface area (Å²) in [6.07, 6.45) is 0.190. The number of aliphatic hydroxyl groups is 1. The maximum atomic E-state index is 8.65. The molecule has 0 aliphatic carbocycles. The summed E-state index contributed by atoms with van der Waals surface area (Å²) in [5, 5.41) is 16.7. The normalized spacial score (nSPS) is 15.9. The van der Waals surface area contributed by atoms with Crippen LogP contribution < -0.4 is 0 Å². The molecule has 2 aromatic rings. The van der Waals surface area contributed by atoms with Gasteiger partial charge in [-0.3, -0.25) is 0 Å². The number of nitrogens with zero attached hydrogens (tertiary/aromatic N) is 1. The van der Waals surface area contributed by atoms with Gasteiger partial charge in [0, 0.05) is 0 Å². The van der Waals surface area contributed by atoms with Crippen LogP contribution in [0, 0.1) is 11.3 Å². The van der Waals surface area contributed by atoms with Gasteiger partial charge in [-0.05, 0) is 23.3 Å². The van der Waals surface area contributed by atoms with Crippen molar-refractivity contribution in [1.29, 1.82) is 5.26 Å². The van der Waals surface area contributed by atoms with Gasteiger partial charge in [-0.15, -0.1) is 0 Å². The van der Waals surface area contributed by atoms with Crippen LogP contribution in [-0.2, 0) is 4.74 Å². The van der Waals surface area contributed by atoms with Gasteiger partial charge in [0.15, 0.2) is 0 Å². The van der Waals surface area contributed by atoms with Gasteiger partial charge >= 0.3 is 0 Å². The Bertz CT molecular complexity index is 539. The molecule has 2 aromatic carbocycles. The van der Waals surface area contributed by atoms with Gasteiger partial charge in [0.2, 0.25) is 0 Å². The highest BCUT2D eigenvalue weighted by atomic mass is 16.6. The third kappa shape index (κ3) is 4.22. The number of aliphatic hydroxyl groups excluding tert-OH is 1. The molecule has 0 aromatic heterocycles. The Morgan fingerprint density at radius 2 is 1.63 bits per heavy atom. The van der Waals surface area contributed by atoms with Crippen molar-refractivity contribution < 1.29 is 9.84 Å². The fourth-order valence-electron chi connectivity index (χ4n) is 1.54. The summed E-state index contributed by atoms with van der Waals surface area (Å²) in [5.41, 5.74) is 3.02. The Kier molecular flexibility index (Phi) is 4.68. The van der Waals surface area contributed by atoms with Crippen LogP contribution in [-0.4, -0.2) is 24.4 Å². The van der Waals surface area contributed by atoms with Crippen LogP contribution in [0.2, 0.25) is 0 Å². The van der Waals surface area contributed by atoms with E-state index in [0.29, 0.717) is 5.56 Å². The molecule has 0 amide bonds. The van der Waals surface area contributed by atoms with Crippen molar-refractivity contribution in [2.24, 2.45) is 0 Å². The van der Waals surface area contributed by atoms with E-state index in [1.807, 2.05) is 42.5 Å². The maximum absolute atomic E-state index is 8.65. The predicted octanol–water partition coefficient (Wildman–Crippen LogP) is 2.60. The van der Waals surface area contributed by atoms with Gasteiger partial charge in [-0.2, -0.15) is 5.26 Å². The summed E-state index contributed by atoms with van der Waals surface area (Å²) >= 11 is 0. The maximum Gasteiger partial charge on any atom is 0.104 e. The molecular weight excluding hydrogens is 238 g/mol. The number of nitriles is 1. The zero-order chi connectivity index (χ0) is 13.5. The minimum Gasteiger partial charge on any atom is -0.394 e. The lowest BCUT2D eigenvalue weighted by molar-refractivity contribution is 0.244. The minimum atomic E-state index is 0.190.